The quantitative estimate of drug-likeness (QED) is 0.927. The van der Waals surface area contributed by atoms with E-state index in [9.17, 15) is 0 Å². The standard InChI is InChI=1S/C13H16ClN3O/c1-8-10(7-16-17(8)2)13(15)9-4-5-11(14)12(6-9)18-3/h4-7,13H,15H2,1-3H3. The van der Waals surface area contributed by atoms with Gasteiger partial charge in [-0.3, -0.25) is 4.68 Å². The van der Waals surface area contributed by atoms with Crippen LogP contribution in [0.1, 0.15) is 22.9 Å². The summed E-state index contributed by atoms with van der Waals surface area (Å²) in [4.78, 5) is 0. The molecule has 2 rings (SSSR count). The van der Waals surface area contributed by atoms with Crippen LogP contribution >= 0.6 is 11.6 Å². The van der Waals surface area contributed by atoms with Crippen molar-refractivity contribution in [3.8, 4) is 5.75 Å². The van der Waals surface area contributed by atoms with E-state index in [2.05, 4.69) is 5.10 Å². The summed E-state index contributed by atoms with van der Waals surface area (Å²) in [5, 5.41) is 4.78. The molecule has 1 heterocycles. The lowest BCUT2D eigenvalue weighted by atomic mass is 10.0. The van der Waals surface area contributed by atoms with Crippen LogP contribution in [0.15, 0.2) is 24.4 Å². The van der Waals surface area contributed by atoms with Crippen molar-refractivity contribution in [2.45, 2.75) is 13.0 Å². The van der Waals surface area contributed by atoms with Crippen LogP contribution in [0.2, 0.25) is 5.02 Å². The van der Waals surface area contributed by atoms with Crippen LogP contribution in [0.25, 0.3) is 0 Å². The molecular weight excluding hydrogens is 250 g/mol. The van der Waals surface area contributed by atoms with E-state index in [4.69, 9.17) is 22.1 Å². The van der Waals surface area contributed by atoms with E-state index in [0.29, 0.717) is 10.8 Å². The van der Waals surface area contributed by atoms with Crippen LogP contribution in [-0.2, 0) is 7.05 Å². The van der Waals surface area contributed by atoms with Crippen LogP contribution in [-0.4, -0.2) is 16.9 Å². The first-order valence-corrected chi connectivity index (χ1v) is 6.00. The van der Waals surface area contributed by atoms with Crippen LogP contribution in [0.5, 0.6) is 5.75 Å². The van der Waals surface area contributed by atoms with Crippen molar-refractivity contribution >= 4 is 11.6 Å². The molecule has 1 aromatic carbocycles. The zero-order chi connectivity index (χ0) is 13.3. The topological polar surface area (TPSA) is 53.1 Å². The minimum atomic E-state index is -0.232. The third kappa shape index (κ3) is 2.21. The highest BCUT2D eigenvalue weighted by molar-refractivity contribution is 6.32. The Balaban J connectivity index is 2.40. The van der Waals surface area contributed by atoms with E-state index in [1.54, 1.807) is 19.4 Å². The number of ether oxygens (including phenoxy) is 1. The number of rotatable bonds is 3. The van der Waals surface area contributed by atoms with Crippen molar-refractivity contribution in [3.63, 3.8) is 0 Å². The Hall–Kier alpha value is -1.52. The first-order chi connectivity index (χ1) is 8.54. The lowest BCUT2D eigenvalue weighted by molar-refractivity contribution is 0.414. The zero-order valence-electron chi connectivity index (χ0n) is 10.6. The Labute approximate surface area is 111 Å². The maximum Gasteiger partial charge on any atom is 0.137 e. The SMILES string of the molecule is COc1cc(C(N)c2cnn(C)c2C)ccc1Cl. The molecule has 0 radical (unpaired) electrons. The van der Waals surface area contributed by atoms with E-state index in [0.717, 1.165) is 16.8 Å². The summed E-state index contributed by atoms with van der Waals surface area (Å²) in [6.45, 7) is 2.00. The summed E-state index contributed by atoms with van der Waals surface area (Å²) < 4.78 is 7.01. The average Bonchev–Trinajstić information content (AvgIpc) is 2.70. The predicted molar refractivity (Wildman–Crippen MR) is 72.0 cm³/mol. The van der Waals surface area contributed by atoms with Crippen molar-refractivity contribution in [2.75, 3.05) is 7.11 Å². The minimum Gasteiger partial charge on any atom is -0.495 e. The van der Waals surface area contributed by atoms with Crippen molar-refractivity contribution in [1.82, 2.24) is 9.78 Å². The third-order valence-electron chi connectivity index (χ3n) is 3.14. The van der Waals surface area contributed by atoms with Crippen molar-refractivity contribution < 1.29 is 4.74 Å². The van der Waals surface area contributed by atoms with E-state index in [1.165, 1.54) is 0 Å². The number of benzene rings is 1. The molecule has 0 aliphatic carbocycles. The molecule has 0 aliphatic rings. The van der Waals surface area contributed by atoms with Gasteiger partial charge in [0.2, 0.25) is 0 Å². The molecule has 0 saturated carbocycles. The molecule has 2 aromatic rings. The van der Waals surface area contributed by atoms with Gasteiger partial charge in [0.05, 0.1) is 24.4 Å². The summed E-state index contributed by atoms with van der Waals surface area (Å²) in [7, 11) is 3.49. The largest absolute Gasteiger partial charge is 0.495 e. The second-order valence-electron chi connectivity index (χ2n) is 4.18. The molecule has 1 atom stereocenters. The minimum absolute atomic E-state index is 0.232. The van der Waals surface area contributed by atoms with Crippen LogP contribution in [0.3, 0.4) is 0 Å². The number of aryl methyl sites for hydroxylation is 1. The predicted octanol–water partition coefficient (Wildman–Crippen LogP) is 2.44. The molecule has 0 bridgehead atoms. The molecule has 4 nitrogen and oxygen atoms in total. The Morgan fingerprint density at radius 3 is 2.72 bits per heavy atom. The molecule has 96 valence electrons. The second kappa shape index (κ2) is 5.00. The van der Waals surface area contributed by atoms with Gasteiger partial charge < -0.3 is 10.5 Å². The van der Waals surface area contributed by atoms with Gasteiger partial charge in [0.1, 0.15) is 5.75 Å². The molecule has 0 amide bonds. The first-order valence-electron chi connectivity index (χ1n) is 5.62. The van der Waals surface area contributed by atoms with E-state index in [1.807, 2.05) is 30.8 Å². The smallest absolute Gasteiger partial charge is 0.137 e. The normalized spacial score (nSPS) is 12.5. The molecule has 1 aromatic heterocycles. The third-order valence-corrected chi connectivity index (χ3v) is 3.45. The van der Waals surface area contributed by atoms with Gasteiger partial charge >= 0.3 is 0 Å². The summed E-state index contributed by atoms with van der Waals surface area (Å²) >= 11 is 6.00. The van der Waals surface area contributed by atoms with Gasteiger partial charge in [-0.1, -0.05) is 17.7 Å². The van der Waals surface area contributed by atoms with Crippen LogP contribution in [0.4, 0.5) is 0 Å². The summed E-state index contributed by atoms with van der Waals surface area (Å²) in [6, 6.07) is 5.33. The Bertz CT molecular complexity index is 565. The van der Waals surface area contributed by atoms with Gasteiger partial charge in [-0.25, -0.2) is 0 Å². The molecule has 0 aliphatic heterocycles. The lowest BCUT2D eigenvalue weighted by Gasteiger charge is -2.13. The Morgan fingerprint density at radius 1 is 1.44 bits per heavy atom. The Kier molecular flexibility index (Phi) is 3.59. The second-order valence-corrected chi connectivity index (χ2v) is 4.59. The van der Waals surface area contributed by atoms with Gasteiger partial charge in [-0.05, 0) is 24.6 Å². The molecule has 18 heavy (non-hydrogen) atoms. The average molecular weight is 266 g/mol. The van der Waals surface area contributed by atoms with Crippen molar-refractivity contribution in [3.05, 3.63) is 46.2 Å². The van der Waals surface area contributed by atoms with Crippen LogP contribution < -0.4 is 10.5 Å². The van der Waals surface area contributed by atoms with Gasteiger partial charge in [0.15, 0.2) is 0 Å². The Morgan fingerprint density at radius 2 is 2.17 bits per heavy atom. The number of methoxy groups -OCH3 is 1. The molecular formula is C13H16ClN3O. The monoisotopic (exact) mass is 265 g/mol. The number of hydrogen-bond donors (Lipinski definition) is 1. The fourth-order valence-corrected chi connectivity index (χ4v) is 2.07. The van der Waals surface area contributed by atoms with E-state index >= 15 is 0 Å². The highest BCUT2D eigenvalue weighted by Gasteiger charge is 2.16. The van der Waals surface area contributed by atoms with E-state index in [-0.39, 0.29) is 6.04 Å². The molecule has 1 unspecified atom stereocenters. The number of nitrogens with zero attached hydrogens (tertiary/aromatic N) is 2. The summed E-state index contributed by atoms with van der Waals surface area (Å²) in [5.41, 5.74) is 9.26. The zero-order valence-corrected chi connectivity index (χ0v) is 11.4. The van der Waals surface area contributed by atoms with Gasteiger partial charge in [0.25, 0.3) is 0 Å². The summed E-state index contributed by atoms with van der Waals surface area (Å²) in [5.74, 6) is 0.631. The fourth-order valence-electron chi connectivity index (χ4n) is 1.87. The van der Waals surface area contributed by atoms with Gasteiger partial charge in [-0.15, -0.1) is 0 Å². The highest BCUT2D eigenvalue weighted by atomic mass is 35.5. The number of aromatic nitrogens is 2. The number of hydrogen-bond acceptors (Lipinski definition) is 3. The molecule has 0 spiro atoms. The van der Waals surface area contributed by atoms with Crippen molar-refractivity contribution in [1.29, 1.82) is 0 Å². The highest BCUT2D eigenvalue weighted by Crippen LogP contribution is 2.30. The molecule has 0 fully saturated rings. The fraction of sp³-hybridized carbons (Fsp3) is 0.308. The maximum absolute atomic E-state index is 6.25. The molecule has 0 saturated heterocycles. The molecule has 5 heteroatoms. The molecule has 2 N–H and O–H groups in total. The van der Waals surface area contributed by atoms with Gasteiger partial charge in [0, 0.05) is 18.3 Å². The van der Waals surface area contributed by atoms with E-state index < -0.39 is 0 Å². The van der Waals surface area contributed by atoms with Crippen LogP contribution in [0, 0.1) is 6.92 Å². The number of nitrogens with two attached hydrogens (primary N) is 1. The lowest BCUT2D eigenvalue weighted by Crippen LogP contribution is -2.13. The van der Waals surface area contributed by atoms with Gasteiger partial charge in [-0.2, -0.15) is 5.10 Å². The summed E-state index contributed by atoms with van der Waals surface area (Å²) in [6.07, 6.45) is 1.79. The number of halogens is 1. The van der Waals surface area contributed by atoms with Crippen molar-refractivity contribution in [2.24, 2.45) is 12.8 Å². The maximum atomic E-state index is 6.25. The first kappa shape index (κ1) is 12.9.